The van der Waals surface area contributed by atoms with Gasteiger partial charge in [0.1, 0.15) is 18.7 Å². The van der Waals surface area contributed by atoms with Crippen LogP contribution in [0.15, 0.2) is 30.6 Å². The van der Waals surface area contributed by atoms with Crippen molar-refractivity contribution in [1.29, 1.82) is 0 Å². The first kappa shape index (κ1) is 14.5. The van der Waals surface area contributed by atoms with E-state index in [1.807, 2.05) is 23.7 Å². The third-order valence-corrected chi connectivity index (χ3v) is 2.98. The van der Waals surface area contributed by atoms with Crippen LogP contribution < -0.4 is 10.5 Å². The first-order valence-electron chi connectivity index (χ1n) is 7.03. The molecule has 5 heteroatoms. The van der Waals surface area contributed by atoms with Crippen molar-refractivity contribution in [2.24, 2.45) is 5.73 Å². The number of nitrogens with two attached hydrogens (primary N) is 1. The summed E-state index contributed by atoms with van der Waals surface area (Å²) in [6.45, 7) is 5.42. The summed E-state index contributed by atoms with van der Waals surface area (Å²) in [7, 11) is 0. The Kier molecular flexibility index (Phi) is 5.12. The topological polar surface area (TPSA) is 66.0 Å². The van der Waals surface area contributed by atoms with Crippen LogP contribution in [0.1, 0.15) is 31.7 Å². The zero-order valence-corrected chi connectivity index (χ0v) is 12.1. The van der Waals surface area contributed by atoms with Gasteiger partial charge in [-0.25, -0.2) is 9.67 Å². The van der Waals surface area contributed by atoms with Crippen molar-refractivity contribution >= 4 is 0 Å². The number of aryl methyl sites for hydroxylation is 1. The summed E-state index contributed by atoms with van der Waals surface area (Å²) in [6, 6.07) is 8.22. The minimum atomic E-state index is 0.175. The second kappa shape index (κ2) is 7.05. The Morgan fingerprint density at radius 2 is 2.05 bits per heavy atom. The van der Waals surface area contributed by atoms with E-state index in [1.165, 1.54) is 5.56 Å². The van der Waals surface area contributed by atoms with Crippen molar-refractivity contribution in [3.05, 3.63) is 42.0 Å². The normalized spacial score (nSPS) is 12.3. The van der Waals surface area contributed by atoms with Gasteiger partial charge in [-0.15, -0.1) is 0 Å². The van der Waals surface area contributed by atoms with E-state index in [9.17, 15) is 0 Å². The molecule has 0 spiro atoms. The summed E-state index contributed by atoms with van der Waals surface area (Å²) in [4.78, 5) is 4.22. The molecule has 0 amide bonds. The van der Waals surface area contributed by atoms with Crippen LogP contribution in [0.25, 0.3) is 0 Å². The number of hydrogen-bond donors (Lipinski definition) is 1. The van der Waals surface area contributed by atoms with Crippen LogP contribution in [0.4, 0.5) is 0 Å². The Hall–Kier alpha value is -1.88. The second-order valence-electron chi connectivity index (χ2n) is 5.01. The van der Waals surface area contributed by atoms with Crippen LogP contribution in [0.3, 0.4) is 0 Å². The minimum absolute atomic E-state index is 0.175. The van der Waals surface area contributed by atoms with E-state index in [0.29, 0.717) is 6.61 Å². The lowest BCUT2D eigenvalue weighted by Crippen LogP contribution is -2.17. The molecule has 1 aromatic carbocycles. The predicted molar refractivity (Wildman–Crippen MR) is 78.4 cm³/mol. The fraction of sp³-hybridized carbons (Fsp3) is 0.467. The highest BCUT2D eigenvalue weighted by Gasteiger charge is 2.05. The van der Waals surface area contributed by atoms with Crippen molar-refractivity contribution in [2.75, 3.05) is 0 Å². The van der Waals surface area contributed by atoms with Crippen LogP contribution in [0.5, 0.6) is 5.75 Å². The number of rotatable bonds is 7. The largest absolute Gasteiger partial charge is 0.486 e. The van der Waals surface area contributed by atoms with Crippen molar-refractivity contribution < 1.29 is 4.74 Å². The number of nitrogens with zero attached hydrogens (tertiary/aromatic N) is 3. The molecule has 2 aromatic rings. The van der Waals surface area contributed by atoms with Crippen molar-refractivity contribution in [3.63, 3.8) is 0 Å². The van der Waals surface area contributed by atoms with Gasteiger partial charge in [-0.2, -0.15) is 5.10 Å². The maximum absolute atomic E-state index is 5.78. The standard InChI is InChI=1S/C15H22N4O/c1-3-8-19-15(17-11-18-19)10-20-14-6-4-13(5-7-14)9-12(2)16/h4-7,11-12H,3,8-10,16H2,1-2H3. The van der Waals surface area contributed by atoms with E-state index in [2.05, 4.69) is 29.1 Å². The highest BCUT2D eigenvalue weighted by molar-refractivity contribution is 5.27. The molecular weight excluding hydrogens is 252 g/mol. The van der Waals surface area contributed by atoms with Gasteiger partial charge in [0.2, 0.25) is 0 Å². The molecular formula is C15H22N4O. The quantitative estimate of drug-likeness (QED) is 0.840. The van der Waals surface area contributed by atoms with Crippen molar-refractivity contribution in [3.8, 4) is 5.75 Å². The summed E-state index contributed by atoms with van der Waals surface area (Å²) in [6.07, 6.45) is 3.48. The summed E-state index contributed by atoms with van der Waals surface area (Å²) in [5.41, 5.74) is 7.00. The average molecular weight is 274 g/mol. The number of benzene rings is 1. The van der Waals surface area contributed by atoms with E-state index in [4.69, 9.17) is 10.5 Å². The van der Waals surface area contributed by atoms with Gasteiger partial charge in [0.15, 0.2) is 5.82 Å². The molecule has 20 heavy (non-hydrogen) atoms. The second-order valence-corrected chi connectivity index (χ2v) is 5.01. The monoisotopic (exact) mass is 274 g/mol. The maximum atomic E-state index is 5.78. The van der Waals surface area contributed by atoms with Gasteiger partial charge in [0, 0.05) is 12.6 Å². The van der Waals surface area contributed by atoms with Crippen LogP contribution in [-0.2, 0) is 19.6 Å². The van der Waals surface area contributed by atoms with Gasteiger partial charge in [0.25, 0.3) is 0 Å². The number of ether oxygens (including phenoxy) is 1. The zero-order chi connectivity index (χ0) is 14.4. The molecule has 0 aliphatic heterocycles. The molecule has 1 atom stereocenters. The van der Waals surface area contributed by atoms with Gasteiger partial charge in [-0.3, -0.25) is 0 Å². The Balaban J connectivity index is 1.92. The lowest BCUT2D eigenvalue weighted by atomic mass is 10.1. The molecule has 5 nitrogen and oxygen atoms in total. The molecule has 2 N–H and O–H groups in total. The molecule has 0 saturated heterocycles. The third-order valence-electron chi connectivity index (χ3n) is 2.98. The Morgan fingerprint density at radius 1 is 1.30 bits per heavy atom. The van der Waals surface area contributed by atoms with Gasteiger partial charge in [-0.05, 0) is 37.5 Å². The van der Waals surface area contributed by atoms with Crippen molar-refractivity contribution in [2.45, 2.75) is 45.9 Å². The lowest BCUT2D eigenvalue weighted by Gasteiger charge is -2.09. The molecule has 1 heterocycles. The summed E-state index contributed by atoms with van der Waals surface area (Å²) < 4.78 is 7.62. The van der Waals surface area contributed by atoms with E-state index in [0.717, 1.165) is 31.0 Å². The molecule has 0 aliphatic carbocycles. The summed E-state index contributed by atoms with van der Waals surface area (Å²) >= 11 is 0. The first-order valence-corrected chi connectivity index (χ1v) is 7.03. The predicted octanol–water partition coefficient (Wildman–Crippen LogP) is 2.16. The van der Waals surface area contributed by atoms with Gasteiger partial charge in [0.05, 0.1) is 0 Å². The minimum Gasteiger partial charge on any atom is -0.486 e. The summed E-state index contributed by atoms with van der Waals surface area (Å²) in [5.74, 6) is 1.69. The fourth-order valence-corrected chi connectivity index (χ4v) is 2.04. The van der Waals surface area contributed by atoms with Crippen LogP contribution in [-0.4, -0.2) is 20.8 Å². The average Bonchev–Trinajstić information content (AvgIpc) is 2.85. The molecule has 0 radical (unpaired) electrons. The van der Waals surface area contributed by atoms with Gasteiger partial charge in [-0.1, -0.05) is 19.1 Å². The number of aromatic nitrogens is 3. The first-order chi connectivity index (χ1) is 9.69. The molecule has 1 unspecified atom stereocenters. The van der Waals surface area contributed by atoms with Crippen LogP contribution in [0, 0.1) is 0 Å². The van der Waals surface area contributed by atoms with E-state index in [-0.39, 0.29) is 6.04 Å². The third kappa shape index (κ3) is 4.06. The highest BCUT2D eigenvalue weighted by atomic mass is 16.5. The van der Waals surface area contributed by atoms with Crippen LogP contribution in [0.2, 0.25) is 0 Å². The highest BCUT2D eigenvalue weighted by Crippen LogP contribution is 2.14. The SMILES string of the molecule is CCCn1ncnc1COc1ccc(CC(C)N)cc1. The maximum Gasteiger partial charge on any atom is 0.164 e. The molecule has 0 saturated carbocycles. The molecule has 0 fully saturated rings. The Labute approximate surface area is 119 Å². The molecule has 2 rings (SSSR count). The molecule has 1 aromatic heterocycles. The van der Waals surface area contributed by atoms with E-state index in [1.54, 1.807) is 6.33 Å². The Morgan fingerprint density at radius 3 is 2.70 bits per heavy atom. The van der Waals surface area contributed by atoms with E-state index >= 15 is 0 Å². The molecule has 0 bridgehead atoms. The Bertz CT molecular complexity index is 519. The van der Waals surface area contributed by atoms with Crippen molar-refractivity contribution in [1.82, 2.24) is 14.8 Å². The van der Waals surface area contributed by atoms with Gasteiger partial charge < -0.3 is 10.5 Å². The molecule has 108 valence electrons. The smallest absolute Gasteiger partial charge is 0.164 e. The summed E-state index contributed by atoms with van der Waals surface area (Å²) in [5, 5.41) is 4.18. The fourth-order valence-electron chi connectivity index (χ4n) is 2.04. The number of hydrogen-bond acceptors (Lipinski definition) is 4. The zero-order valence-electron chi connectivity index (χ0n) is 12.1. The lowest BCUT2D eigenvalue weighted by molar-refractivity contribution is 0.286. The van der Waals surface area contributed by atoms with Gasteiger partial charge >= 0.3 is 0 Å². The molecule has 0 aliphatic rings. The van der Waals surface area contributed by atoms with Crippen LogP contribution >= 0.6 is 0 Å². The van der Waals surface area contributed by atoms with E-state index < -0.39 is 0 Å².